The number of amides is 1. The van der Waals surface area contributed by atoms with Crippen LogP contribution in [0.4, 0.5) is 10.1 Å². The van der Waals surface area contributed by atoms with E-state index < -0.39 is 34.4 Å². The average molecular weight is 286 g/mol. The highest BCUT2D eigenvalue weighted by Gasteiger charge is 2.20. The lowest BCUT2D eigenvalue weighted by atomic mass is 10.2. The Kier molecular flexibility index (Phi) is 5.09. The van der Waals surface area contributed by atoms with Crippen molar-refractivity contribution >= 4 is 17.6 Å². The average Bonchev–Trinajstić information content (AvgIpc) is 2.38. The Morgan fingerprint density at radius 2 is 2.20 bits per heavy atom. The maximum absolute atomic E-state index is 13.3. The number of carboxylic acids is 1. The molecule has 0 bridgehead atoms. The van der Waals surface area contributed by atoms with Crippen LogP contribution in [0.25, 0.3) is 0 Å². The molecule has 0 saturated carbocycles. The smallest absolute Gasteiger partial charge is 0.334 e. The van der Waals surface area contributed by atoms with Crippen molar-refractivity contribution in [1.82, 2.24) is 5.32 Å². The Balaban J connectivity index is 2.76. The van der Waals surface area contributed by atoms with Crippen molar-refractivity contribution in [1.29, 1.82) is 0 Å². The SMILES string of the molecule is COC(CNC(=O)c1ccc([N+](=O)[O-])c(F)c1)C(=O)O. The fourth-order valence-electron chi connectivity index (χ4n) is 1.36. The summed E-state index contributed by atoms with van der Waals surface area (Å²) in [5.41, 5.74) is -0.907. The van der Waals surface area contributed by atoms with E-state index in [2.05, 4.69) is 10.1 Å². The van der Waals surface area contributed by atoms with Crippen molar-refractivity contribution in [3.8, 4) is 0 Å². The molecule has 1 aromatic carbocycles. The molecule has 0 saturated heterocycles. The molecule has 0 fully saturated rings. The number of nitro groups is 1. The number of benzene rings is 1. The van der Waals surface area contributed by atoms with E-state index in [0.717, 1.165) is 19.2 Å². The zero-order valence-electron chi connectivity index (χ0n) is 10.3. The highest BCUT2D eigenvalue weighted by Crippen LogP contribution is 2.17. The first kappa shape index (κ1) is 15.5. The third-order valence-corrected chi connectivity index (χ3v) is 2.41. The molecule has 0 radical (unpaired) electrons. The molecule has 1 aromatic rings. The zero-order chi connectivity index (χ0) is 15.3. The molecule has 2 N–H and O–H groups in total. The van der Waals surface area contributed by atoms with Gasteiger partial charge in [-0.15, -0.1) is 0 Å². The topological polar surface area (TPSA) is 119 Å². The standard InChI is InChI=1S/C11H11FN2O6/c1-20-9(11(16)17)5-13-10(15)6-2-3-8(14(18)19)7(12)4-6/h2-4,9H,5H2,1H3,(H,13,15)(H,16,17). The number of nitro benzene ring substituents is 1. The van der Waals surface area contributed by atoms with Gasteiger partial charge in [0, 0.05) is 18.7 Å². The number of hydrogen-bond acceptors (Lipinski definition) is 5. The molecule has 0 aliphatic carbocycles. The zero-order valence-corrected chi connectivity index (χ0v) is 10.3. The summed E-state index contributed by atoms with van der Waals surface area (Å²) >= 11 is 0. The molecule has 1 unspecified atom stereocenters. The summed E-state index contributed by atoms with van der Waals surface area (Å²) in [6.45, 7) is -0.316. The summed E-state index contributed by atoms with van der Waals surface area (Å²) < 4.78 is 17.9. The van der Waals surface area contributed by atoms with Gasteiger partial charge in [0.1, 0.15) is 0 Å². The van der Waals surface area contributed by atoms with Crippen LogP contribution in [0.1, 0.15) is 10.4 Å². The van der Waals surface area contributed by atoms with Crippen molar-refractivity contribution in [2.75, 3.05) is 13.7 Å². The Bertz CT molecular complexity index is 548. The van der Waals surface area contributed by atoms with Gasteiger partial charge in [-0.05, 0) is 12.1 Å². The molecule has 0 aliphatic rings. The van der Waals surface area contributed by atoms with Gasteiger partial charge in [-0.2, -0.15) is 4.39 Å². The van der Waals surface area contributed by atoms with Crippen molar-refractivity contribution in [2.24, 2.45) is 0 Å². The summed E-state index contributed by atoms with van der Waals surface area (Å²) in [7, 11) is 1.16. The number of nitrogens with zero attached hydrogens (tertiary/aromatic N) is 1. The van der Waals surface area contributed by atoms with Gasteiger partial charge in [0.25, 0.3) is 5.91 Å². The van der Waals surface area contributed by atoms with E-state index in [1.54, 1.807) is 0 Å². The van der Waals surface area contributed by atoms with E-state index in [1.807, 2.05) is 0 Å². The minimum atomic E-state index is -1.26. The number of ether oxygens (including phenoxy) is 1. The maximum atomic E-state index is 13.3. The quantitative estimate of drug-likeness (QED) is 0.582. The second kappa shape index (κ2) is 6.57. The van der Waals surface area contributed by atoms with Crippen molar-refractivity contribution in [3.63, 3.8) is 0 Å². The van der Waals surface area contributed by atoms with E-state index >= 15 is 0 Å². The molecule has 108 valence electrons. The Morgan fingerprint density at radius 1 is 1.55 bits per heavy atom. The van der Waals surface area contributed by atoms with Crippen LogP contribution in [-0.4, -0.2) is 41.7 Å². The molecular formula is C11H11FN2O6. The predicted octanol–water partition coefficient (Wildman–Crippen LogP) is 0.563. The number of aliphatic carboxylic acids is 1. The molecular weight excluding hydrogens is 275 g/mol. The molecule has 0 aromatic heterocycles. The number of methoxy groups -OCH3 is 1. The van der Waals surface area contributed by atoms with E-state index in [9.17, 15) is 24.1 Å². The molecule has 8 nitrogen and oxygen atoms in total. The molecule has 1 rings (SSSR count). The van der Waals surface area contributed by atoms with Crippen molar-refractivity contribution in [3.05, 3.63) is 39.7 Å². The van der Waals surface area contributed by atoms with Crippen LogP contribution in [-0.2, 0) is 9.53 Å². The van der Waals surface area contributed by atoms with Crippen molar-refractivity contribution in [2.45, 2.75) is 6.10 Å². The summed E-state index contributed by atoms with van der Waals surface area (Å²) in [5.74, 6) is -3.17. The van der Waals surface area contributed by atoms with Crippen molar-refractivity contribution < 1.29 is 28.7 Å². The van der Waals surface area contributed by atoms with E-state index in [-0.39, 0.29) is 12.1 Å². The molecule has 1 atom stereocenters. The van der Waals surface area contributed by atoms with Gasteiger partial charge in [-0.1, -0.05) is 0 Å². The van der Waals surface area contributed by atoms with E-state index in [1.165, 1.54) is 0 Å². The lowest BCUT2D eigenvalue weighted by Crippen LogP contribution is -2.37. The largest absolute Gasteiger partial charge is 0.479 e. The normalized spacial score (nSPS) is 11.7. The monoisotopic (exact) mass is 286 g/mol. The second-order valence-corrected chi connectivity index (χ2v) is 3.70. The van der Waals surface area contributed by atoms with Crippen LogP contribution in [0, 0.1) is 15.9 Å². The van der Waals surface area contributed by atoms with Crippen LogP contribution in [0.3, 0.4) is 0 Å². The number of rotatable bonds is 6. The van der Waals surface area contributed by atoms with Gasteiger partial charge < -0.3 is 15.2 Å². The Hall–Kier alpha value is -2.55. The molecule has 0 spiro atoms. The summed E-state index contributed by atoms with van der Waals surface area (Å²) in [6, 6.07) is 2.63. The highest BCUT2D eigenvalue weighted by atomic mass is 19.1. The number of carbonyl (C=O) groups is 2. The lowest BCUT2D eigenvalue weighted by Gasteiger charge is -2.11. The summed E-state index contributed by atoms with van der Waals surface area (Å²) in [5, 5.41) is 21.3. The Morgan fingerprint density at radius 3 is 2.65 bits per heavy atom. The summed E-state index contributed by atoms with van der Waals surface area (Å²) in [6.07, 6.45) is -1.23. The number of nitrogens with one attached hydrogen (secondary N) is 1. The van der Waals surface area contributed by atoms with Gasteiger partial charge in [0.05, 0.1) is 11.5 Å². The number of carbonyl (C=O) groups excluding carboxylic acids is 1. The van der Waals surface area contributed by atoms with E-state index in [4.69, 9.17) is 5.11 Å². The minimum absolute atomic E-state index is 0.159. The molecule has 0 heterocycles. The van der Waals surface area contributed by atoms with Crippen LogP contribution >= 0.6 is 0 Å². The molecule has 20 heavy (non-hydrogen) atoms. The summed E-state index contributed by atoms with van der Waals surface area (Å²) in [4.78, 5) is 31.8. The minimum Gasteiger partial charge on any atom is -0.479 e. The van der Waals surface area contributed by atoms with E-state index in [0.29, 0.717) is 6.07 Å². The van der Waals surface area contributed by atoms with Crippen LogP contribution in [0.15, 0.2) is 18.2 Å². The fraction of sp³-hybridized carbons (Fsp3) is 0.273. The first-order valence-corrected chi connectivity index (χ1v) is 5.34. The van der Waals surface area contributed by atoms with Crippen LogP contribution < -0.4 is 5.32 Å². The van der Waals surface area contributed by atoms with Crippen LogP contribution in [0.2, 0.25) is 0 Å². The number of carboxylic acid groups (broad SMARTS) is 1. The first-order chi connectivity index (χ1) is 9.36. The van der Waals surface area contributed by atoms with Gasteiger partial charge in [0.15, 0.2) is 6.10 Å². The van der Waals surface area contributed by atoms with Crippen LogP contribution in [0.5, 0.6) is 0 Å². The third-order valence-electron chi connectivity index (χ3n) is 2.41. The predicted molar refractivity (Wildman–Crippen MR) is 63.8 cm³/mol. The Labute approximate surface area is 112 Å². The molecule has 0 aliphatic heterocycles. The highest BCUT2D eigenvalue weighted by molar-refractivity contribution is 5.94. The molecule has 1 amide bonds. The number of halogens is 1. The second-order valence-electron chi connectivity index (χ2n) is 3.70. The lowest BCUT2D eigenvalue weighted by molar-refractivity contribution is -0.387. The fourth-order valence-corrected chi connectivity index (χ4v) is 1.36. The number of hydrogen-bond donors (Lipinski definition) is 2. The maximum Gasteiger partial charge on any atom is 0.334 e. The molecule has 9 heteroatoms. The first-order valence-electron chi connectivity index (χ1n) is 5.34. The van der Waals surface area contributed by atoms with Gasteiger partial charge in [-0.3, -0.25) is 14.9 Å². The third kappa shape index (κ3) is 3.72. The van der Waals surface area contributed by atoms with Gasteiger partial charge >= 0.3 is 11.7 Å². The van der Waals surface area contributed by atoms with Gasteiger partial charge in [0.2, 0.25) is 5.82 Å². The van der Waals surface area contributed by atoms with Gasteiger partial charge in [-0.25, -0.2) is 4.79 Å².